The van der Waals surface area contributed by atoms with E-state index in [2.05, 4.69) is 5.10 Å². The van der Waals surface area contributed by atoms with E-state index in [4.69, 9.17) is 4.74 Å². The zero-order chi connectivity index (χ0) is 14.0. The quantitative estimate of drug-likeness (QED) is 0.921. The fraction of sp³-hybridized carbons (Fsp3) is 0.357. The highest BCUT2D eigenvalue weighted by Crippen LogP contribution is 2.36. The van der Waals surface area contributed by atoms with Crippen LogP contribution in [0.5, 0.6) is 5.75 Å². The molecular formula is C14H17FN2O2. The maximum absolute atomic E-state index is 14.0. The maximum atomic E-state index is 14.0. The van der Waals surface area contributed by atoms with Crippen molar-refractivity contribution in [3.63, 3.8) is 0 Å². The fourth-order valence-electron chi connectivity index (χ4n) is 2.08. The molecule has 2 rings (SSSR count). The van der Waals surface area contributed by atoms with Crippen molar-refractivity contribution in [1.82, 2.24) is 9.78 Å². The van der Waals surface area contributed by atoms with Gasteiger partial charge in [-0.1, -0.05) is 6.07 Å². The highest BCUT2D eigenvalue weighted by molar-refractivity contribution is 5.44. The standard InChI is InChI=1S/C14H17FN2O2/c1-4-17-9-10(8-16-17)14(2,18)13-11(15)6-5-7-12(13)19-3/h5-9,18H,4H2,1-3H3. The van der Waals surface area contributed by atoms with Crippen molar-refractivity contribution in [1.29, 1.82) is 0 Å². The average Bonchev–Trinajstić information content (AvgIpc) is 2.87. The van der Waals surface area contributed by atoms with Crippen LogP contribution in [0.2, 0.25) is 0 Å². The number of aliphatic hydroxyl groups is 1. The van der Waals surface area contributed by atoms with Crippen LogP contribution in [0.3, 0.4) is 0 Å². The molecule has 0 aliphatic rings. The van der Waals surface area contributed by atoms with Crippen LogP contribution in [0.1, 0.15) is 25.0 Å². The number of benzene rings is 1. The van der Waals surface area contributed by atoms with Gasteiger partial charge in [0, 0.05) is 18.3 Å². The number of hydrogen-bond donors (Lipinski definition) is 1. The van der Waals surface area contributed by atoms with Crippen LogP contribution < -0.4 is 4.74 Å². The molecule has 4 nitrogen and oxygen atoms in total. The summed E-state index contributed by atoms with van der Waals surface area (Å²) in [7, 11) is 1.45. The predicted molar refractivity (Wildman–Crippen MR) is 69.5 cm³/mol. The van der Waals surface area contributed by atoms with Crippen molar-refractivity contribution in [2.75, 3.05) is 7.11 Å². The molecule has 1 heterocycles. The summed E-state index contributed by atoms with van der Waals surface area (Å²) in [6.07, 6.45) is 3.24. The van der Waals surface area contributed by atoms with Crippen molar-refractivity contribution in [3.8, 4) is 5.75 Å². The van der Waals surface area contributed by atoms with E-state index >= 15 is 0 Å². The number of aryl methyl sites for hydroxylation is 1. The van der Waals surface area contributed by atoms with Gasteiger partial charge >= 0.3 is 0 Å². The molecule has 0 fully saturated rings. The van der Waals surface area contributed by atoms with E-state index in [1.807, 2.05) is 6.92 Å². The molecule has 0 saturated carbocycles. The molecule has 0 aliphatic carbocycles. The predicted octanol–water partition coefficient (Wildman–Crippen LogP) is 2.31. The molecule has 0 aliphatic heterocycles. The Balaban J connectivity index is 2.55. The second-order valence-corrected chi connectivity index (χ2v) is 4.47. The highest BCUT2D eigenvalue weighted by Gasteiger charge is 2.33. The van der Waals surface area contributed by atoms with Gasteiger partial charge in [0.25, 0.3) is 0 Å². The monoisotopic (exact) mass is 264 g/mol. The molecule has 1 aromatic carbocycles. The Labute approximate surface area is 111 Å². The molecule has 0 spiro atoms. The number of nitrogens with zero attached hydrogens (tertiary/aromatic N) is 2. The van der Waals surface area contributed by atoms with Crippen molar-refractivity contribution in [3.05, 3.63) is 47.5 Å². The summed E-state index contributed by atoms with van der Waals surface area (Å²) < 4.78 is 20.9. The second kappa shape index (κ2) is 5.01. The number of hydrogen-bond acceptors (Lipinski definition) is 3. The molecule has 2 aromatic rings. The van der Waals surface area contributed by atoms with Crippen LogP contribution in [-0.4, -0.2) is 22.0 Å². The van der Waals surface area contributed by atoms with Crippen LogP contribution in [0.15, 0.2) is 30.6 Å². The molecular weight excluding hydrogens is 247 g/mol. The largest absolute Gasteiger partial charge is 0.496 e. The summed E-state index contributed by atoms with van der Waals surface area (Å²) in [6.45, 7) is 4.16. The molecule has 19 heavy (non-hydrogen) atoms. The van der Waals surface area contributed by atoms with Gasteiger partial charge in [0.1, 0.15) is 17.2 Å². The Morgan fingerprint density at radius 2 is 2.21 bits per heavy atom. The van der Waals surface area contributed by atoms with E-state index in [1.54, 1.807) is 23.0 Å². The van der Waals surface area contributed by atoms with Gasteiger partial charge in [-0.15, -0.1) is 0 Å². The zero-order valence-electron chi connectivity index (χ0n) is 11.2. The van der Waals surface area contributed by atoms with E-state index in [0.29, 0.717) is 17.9 Å². The molecule has 1 unspecified atom stereocenters. The van der Waals surface area contributed by atoms with Crippen molar-refractivity contribution in [2.45, 2.75) is 26.0 Å². The SMILES string of the molecule is CCn1cc(C(C)(O)c2c(F)cccc2OC)cn1. The first-order chi connectivity index (χ1) is 9.00. The Hall–Kier alpha value is -1.88. The molecule has 0 amide bonds. The minimum atomic E-state index is -1.50. The molecule has 5 heteroatoms. The smallest absolute Gasteiger partial charge is 0.133 e. The third kappa shape index (κ3) is 2.33. The molecule has 0 bridgehead atoms. The minimum absolute atomic E-state index is 0.119. The van der Waals surface area contributed by atoms with Gasteiger partial charge in [-0.25, -0.2) is 4.39 Å². The lowest BCUT2D eigenvalue weighted by Crippen LogP contribution is -2.24. The summed E-state index contributed by atoms with van der Waals surface area (Å²) in [4.78, 5) is 0. The lowest BCUT2D eigenvalue weighted by atomic mass is 9.89. The van der Waals surface area contributed by atoms with Crippen LogP contribution >= 0.6 is 0 Å². The van der Waals surface area contributed by atoms with Gasteiger partial charge in [-0.2, -0.15) is 5.10 Å². The normalized spacial score (nSPS) is 14.2. The van der Waals surface area contributed by atoms with Gasteiger partial charge in [0.15, 0.2) is 0 Å². The third-order valence-corrected chi connectivity index (χ3v) is 3.20. The molecule has 1 aromatic heterocycles. The minimum Gasteiger partial charge on any atom is -0.496 e. The van der Waals surface area contributed by atoms with Crippen LogP contribution in [0.4, 0.5) is 4.39 Å². The van der Waals surface area contributed by atoms with Gasteiger partial charge in [-0.3, -0.25) is 4.68 Å². The van der Waals surface area contributed by atoms with Gasteiger partial charge in [0.05, 0.1) is 18.9 Å². The van der Waals surface area contributed by atoms with Gasteiger partial charge < -0.3 is 9.84 Å². The third-order valence-electron chi connectivity index (χ3n) is 3.20. The van der Waals surface area contributed by atoms with Crippen molar-refractivity contribution < 1.29 is 14.2 Å². The summed E-state index contributed by atoms with van der Waals surface area (Å²) in [5, 5.41) is 14.8. The lowest BCUT2D eigenvalue weighted by molar-refractivity contribution is 0.0944. The first-order valence-corrected chi connectivity index (χ1v) is 6.09. The van der Waals surface area contributed by atoms with E-state index in [0.717, 1.165) is 0 Å². The Bertz CT molecular complexity index is 579. The lowest BCUT2D eigenvalue weighted by Gasteiger charge is -2.25. The molecule has 1 N–H and O–H groups in total. The van der Waals surface area contributed by atoms with Gasteiger partial charge in [0.2, 0.25) is 0 Å². The number of halogens is 1. The Kier molecular flexibility index (Phi) is 3.57. The zero-order valence-corrected chi connectivity index (χ0v) is 11.2. The molecule has 0 saturated heterocycles. The first-order valence-electron chi connectivity index (χ1n) is 6.09. The summed E-state index contributed by atoms with van der Waals surface area (Å²) in [5.74, 6) is -0.192. The Morgan fingerprint density at radius 3 is 2.79 bits per heavy atom. The van der Waals surface area contributed by atoms with Crippen molar-refractivity contribution >= 4 is 0 Å². The summed E-state index contributed by atoms with van der Waals surface area (Å²) in [5.41, 5.74) is -0.852. The molecule has 0 radical (unpaired) electrons. The molecule has 102 valence electrons. The average molecular weight is 264 g/mol. The van der Waals surface area contributed by atoms with Crippen molar-refractivity contribution in [2.24, 2.45) is 0 Å². The topological polar surface area (TPSA) is 47.3 Å². The maximum Gasteiger partial charge on any atom is 0.133 e. The first kappa shape index (κ1) is 13.5. The summed E-state index contributed by atoms with van der Waals surface area (Å²) in [6, 6.07) is 4.47. The van der Waals surface area contributed by atoms with Crippen LogP contribution in [0.25, 0.3) is 0 Å². The Morgan fingerprint density at radius 1 is 1.47 bits per heavy atom. The number of ether oxygens (including phenoxy) is 1. The highest BCUT2D eigenvalue weighted by atomic mass is 19.1. The van der Waals surface area contributed by atoms with E-state index in [-0.39, 0.29) is 5.56 Å². The van der Waals surface area contributed by atoms with E-state index in [1.165, 1.54) is 26.3 Å². The molecule has 1 atom stereocenters. The van der Waals surface area contributed by atoms with E-state index in [9.17, 15) is 9.50 Å². The number of rotatable bonds is 4. The van der Waals surface area contributed by atoms with Gasteiger partial charge in [-0.05, 0) is 26.0 Å². The number of aromatic nitrogens is 2. The number of methoxy groups -OCH3 is 1. The van der Waals surface area contributed by atoms with Crippen LogP contribution in [-0.2, 0) is 12.1 Å². The van der Waals surface area contributed by atoms with Crippen LogP contribution in [0, 0.1) is 5.82 Å². The van der Waals surface area contributed by atoms with E-state index < -0.39 is 11.4 Å². The second-order valence-electron chi connectivity index (χ2n) is 4.47. The fourth-order valence-corrected chi connectivity index (χ4v) is 2.08. The summed E-state index contributed by atoms with van der Waals surface area (Å²) >= 11 is 0.